The van der Waals surface area contributed by atoms with Crippen LogP contribution in [0.5, 0.6) is 11.5 Å². The van der Waals surface area contributed by atoms with Gasteiger partial charge in [0.25, 0.3) is 0 Å². The van der Waals surface area contributed by atoms with Gasteiger partial charge < -0.3 is 9.47 Å². The number of methoxy groups -OCH3 is 1. The van der Waals surface area contributed by atoms with Gasteiger partial charge >= 0.3 is 0 Å². The first-order valence-electron chi connectivity index (χ1n) is 6.44. The van der Waals surface area contributed by atoms with Crippen LogP contribution in [0.2, 0.25) is 10.0 Å². The van der Waals surface area contributed by atoms with E-state index in [-0.39, 0.29) is 0 Å². The van der Waals surface area contributed by atoms with Crippen LogP contribution in [0.25, 0.3) is 0 Å². The van der Waals surface area contributed by atoms with Gasteiger partial charge in [-0.3, -0.25) is 4.99 Å². The summed E-state index contributed by atoms with van der Waals surface area (Å²) in [4.78, 5) is 4.42. The number of rotatable bonds is 5. The van der Waals surface area contributed by atoms with Gasteiger partial charge in [0.2, 0.25) is 0 Å². The van der Waals surface area contributed by atoms with E-state index >= 15 is 0 Å². The predicted octanol–water partition coefficient (Wildman–Crippen LogP) is 5.15. The van der Waals surface area contributed by atoms with E-state index in [1.165, 1.54) is 0 Å². The molecule has 21 heavy (non-hydrogen) atoms. The molecule has 2 aromatic rings. The van der Waals surface area contributed by atoms with Gasteiger partial charge in [0, 0.05) is 21.8 Å². The van der Waals surface area contributed by atoms with Crippen LogP contribution in [-0.4, -0.2) is 19.9 Å². The number of hydrogen-bond donors (Lipinski definition) is 0. The molecule has 3 nitrogen and oxygen atoms in total. The third-order valence-corrected chi connectivity index (χ3v) is 3.23. The number of ether oxygens (including phenoxy) is 2. The Kier molecular flexibility index (Phi) is 5.48. The molecule has 0 aliphatic carbocycles. The van der Waals surface area contributed by atoms with Gasteiger partial charge in [0.1, 0.15) is 17.2 Å². The quantitative estimate of drug-likeness (QED) is 0.712. The minimum Gasteiger partial charge on any atom is -0.494 e. The predicted molar refractivity (Wildman–Crippen MR) is 87.9 cm³/mol. The minimum absolute atomic E-state index is 0.572. The molecule has 110 valence electrons. The van der Waals surface area contributed by atoms with E-state index < -0.39 is 0 Å². The van der Waals surface area contributed by atoms with Crippen molar-refractivity contribution in [3.8, 4) is 11.5 Å². The smallest absolute Gasteiger partial charge is 0.144 e. The molecular weight excluding hydrogens is 309 g/mol. The molecule has 0 N–H and O–H groups in total. The van der Waals surface area contributed by atoms with Gasteiger partial charge in [0.05, 0.1) is 13.7 Å². The number of hydrogen-bond acceptors (Lipinski definition) is 3. The topological polar surface area (TPSA) is 30.8 Å². The van der Waals surface area contributed by atoms with Crippen LogP contribution in [0.15, 0.2) is 41.4 Å². The molecule has 0 saturated carbocycles. The van der Waals surface area contributed by atoms with Crippen LogP contribution >= 0.6 is 23.2 Å². The van der Waals surface area contributed by atoms with Crippen molar-refractivity contribution >= 4 is 35.1 Å². The molecule has 0 atom stereocenters. The van der Waals surface area contributed by atoms with Crippen LogP contribution in [0.3, 0.4) is 0 Å². The van der Waals surface area contributed by atoms with Crippen LogP contribution in [0.4, 0.5) is 5.69 Å². The summed E-state index contributed by atoms with van der Waals surface area (Å²) in [6.07, 6.45) is 1.69. The number of halogens is 2. The normalized spacial score (nSPS) is 10.9. The maximum Gasteiger partial charge on any atom is 0.144 e. The van der Waals surface area contributed by atoms with Crippen molar-refractivity contribution in [3.05, 3.63) is 52.0 Å². The lowest BCUT2D eigenvalue weighted by molar-refractivity contribution is 0.340. The minimum atomic E-state index is 0.572. The molecule has 0 spiro atoms. The molecule has 0 bridgehead atoms. The van der Waals surface area contributed by atoms with E-state index in [2.05, 4.69) is 4.99 Å². The monoisotopic (exact) mass is 323 g/mol. The lowest BCUT2D eigenvalue weighted by atomic mass is 10.2. The molecule has 0 fully saturated rings. The molecule has 0 amide bonds. The zero-order chi connectivity index (χ0) is 15.2. The van der Waals surface area contributed by atoms with E-state index in [1.807, 2.05) is 13.0 Å². The summed E-state index contributed by atoms with van der Waals surface area (Å²) in [6, 6.07) is 10.7. The summed E-state index contributed by atoms with van der Waals surface area (Å²) in [7, 11) is 1.59. The summed E-state index contributed by atoms with van der Waals surface area (Å²) in [5, 5.41) is 1.22. The molecule has 5 heteroatoms. The Morgan fingerprint density at radius 1 is 1.05 bits per heavy atom. The molecule has 0 radical (unpaired) electrons. The second-order valence-electron chi connectivity index (χ2n) is 4.19. The molecule has 0 heterocycles. The van der Waals surface area contributed by atoms with E-state index in [9.17, 15) is 0 Å². The highest BCUT2D eigenvalue weighted by atomic mass is 35.5. The first kappa shape index (κ1) is 15.7. The van der Waals surface area contributed by atoms with Crippen molar-refractivity contribution in [2.75, 3.05) is 13.7 Å². The van der Waals surface area contributed by atoms with Crippen LogP contribution in [0.1, 0.15) is 12.5 Å². The maximum atomic E-state index is 6.02. The van der Waals surface area contributed by atoms with E-state index in [4.69, 9.17) is 32.7 Å². The molecule has 0 aliphatic rings. The number of benzene rings is 2. The summed E-state index contributed by atoms with van der Waals surface area (Å²) in [5.41, 5.74) is 1.44. The first-order valence-corrected chi connectivity index (χ1v) is 7.19. The number of aliphatic imine (C=N–C) groups is 1. The van der Waals surface area contributed by atoms with Crippen LogP contribution < -0.4 is 9.47 Å². The zero-order valence-corrected chi connectivity index (χ0v) is 13.3. The maximum absolute atomic E-state index is 6.02. The van der Waals surface area contributed by atoms with Crippen LogP contribution in [0, 0.1) is 0 Å². The Morgan fingerprint density at radius 2 is 1.71 bits per heavy atom. The fourth-order valence-electron chi connectivity index (χ4n) is 1.81. The van der Waals surface area contributed by atoms with Crippen LogP contribution in [-0.2, 0) is 0 Å². The Balaban J connectivity index is 2.37. The van der Waals surface area contributed by atoms with Crippen molar-refractivity contribution in [1.82, 2.24) is 0 Å². The van der Waals surface area contributed by atoms with Crippen molar-refractivity contribution in [1.29, 1.82) is 0 Å². The average molecular weight is 324 g/mol. The van der Waals surface area contributed by atoms with E-state index in [1.54, 1.807) is 43.7 Å². The fourth-order valence-corrected chi connectivity index (χ4v) is 2.16. The molecule has 2 rings (SSSR count). The number of nitrogens with zero attached hydrogens (tertiary/aromatic N) is 1. The largest absolute Gasteiger partial charge is 0.494 e. The highest BCUT2D eigenvalue weighted by Gasteiger charge is 2.05. The van der Waals surface area contributed by atoms with Crippen molar-refractivity contribution in [2.45, 2.75) is 6.92 Å². The summed E-state index contributed by atoms with van der Waals surface area (Å²) in [5.74, 6) is 1.38. The second kappa shape index (κ2) is 7.34. The average Bonchev–Trinajstić information content (AvgIpc) is 2.48. The summed E-state index contributed by atoms with van der Waals surface area (Å²) < 4.78 is 10.8. The second-order valence-corrected chi connectivity index (χ2v) is 5.06. The van der Waals surface area contributed by atoms with Crippen molar-refractivity contribution < 1.29 is 9.47 Å². The molecule has 0 aliphatic heterocycles. The van der Waals surface area contributed by atoms with Crippen molar-refractivity contribution in [2.24, 2.45) is 4.99 Å². The van der Waals surface area contributed by atoms with Gasteiger partial charge in [-0.25, -0.2) is 0 Å². The van der Waals surface area contributed by atoms with Gasteiger partial charge in [0.15, 0.2) is 0 Å². The lowest BCUT2D eigenvalue weighted by Crippen LogP contribution is -1.96. The summed E-state index contributed by atoms with van der Waals surface area (Å²) in [6.45, 7) is 2.50. The van der Waals surface area contributed by atoms with Crippen molar-refractivity contribution in [3.63, 3.8) is 0 Å². The van der Waals surface area contributed by atoms with Gasteiger partial charge in [-0.2, -0.15) is 0 Å². The standard InChI is InChI=1S/C16H15Cl2NO2/c1-3-21-15-6-4-12(17)8-11(15)10-19-14-9-13(18)5-7-16(14)20-2/h4-10H,3H2,1-2H3. The highest BCUT2D eigenvalue weighted by molar-refractivity contribution is 6.31. The lowest BCUT2D eigenvalue weighted by Gasteiger charge is -2.08. The molecular formula is C16H15Cl2NO2. The SMILES string of the molecule is CCOc1ccc(Cl)cc1C=Nc1cc(Cl)ccc1OC. The highest BCUT2D eigenvalue weighted by Crippen LogP contribution is 2.31. The van der Waals surface area contributed by atoms with E-state index in [0.717, 1.165) is 11.3 Å². The Hall–Kier alpha value is -1.71. The fraction of sp³-hybridized carbons (Fsp3) is 0.188. The first-order chi connectivity index (χ1) is 10.1. The molecule has 0 unspecified atom stereocenters. The Labute approximate surface area is 134 Å². The Morgan fingerprint density at radius 3 is 2.38 bits per heavy atom. The molecule has 2 aromatic carbocycles. The summed E-state index contributed by atoms with van der Waals surface area (Å²) >= 11 is 12.0. The molecule has 0 saturated heterocycles. The van der Waals surface area contributed by atoms with E-state index in [0.29, 0.717) is 28.1 Å². The van der Waals surface area contributed by atoms with Gasteiger partial charge in [-0.05, 0) is 43.3 Å². The van der Waals surface area contributed by atoms with Gasteiger partial charge in [-0.1, -0.05) is 23.2 Å². The zero-order valence-electron chi connectivity index (χ0n) is 11.8. The third-order valence-electron chi connectivity index (χ3n) is 2.76. The Bertz CT molecular complexity index is 657. The molecule has 0 aromatic heterocycles. The van der Waals surface area contributed by atoms with Gasteiger partial charge in [-0.15, -0.1) is 0 Å². The third kappa shape index (κ3) is 4.13.